The van der Waals surface area contributed by atoms with Gasteiger partial charge in [-0.25, -0.2) is 0 Å². The van der Waals surface area contributed by atoms with Gasteiger partial charge in [-0.05, 0) is 109 Å². The molecule has 0 unspecified atom stereocenters. The molecule has 0 aromatic heterocycles. The van der Waals surface area contributed by atoms with Crippen molar-refractivity contribution in [1.29, 1.82) is 0 Å². The maximum atomic E-state index is 4.94. The van der Waals surface area contributed by atoms with Crippen molar-refractivity contribution >= 4 is 0 Å². The Labute approximate surface area is 163 Å². The van der Waals surface area contributed by atoms with E-state index < -0.39 is 0 Å². The summed E-state index contributed by atoms with van der Waals surface area (Å²) in [6, 6.07) is 0. The maximum Gasteiger partial charge on any atom is 0.0466 e. The average molecular weight is 436 g/mol. The molecule has 2 heteroatoms. The van der Waals surface area contributed by atoms with Gasteiger partial charge in [0, 0.05) is 50.1 Å². The smallest absolute Gasteiger partial charge is 0.0466 e. The zero-order chi connectivity index (χ0) is 14.1. The third-order valence-electron chi connectivity index (χ3n) is 2.49. The zero-order valence-corrected chi connectivity index (χ0v) is 14.0. The van der Waals surface area contributed by atoms with Gasteiger partial charge < -0.3 is 4.74 Å². The molecule has 0 bridgehead atoms. The topological polar surface area (TPSA) is 9.23 Å². The molecular formula is C19H23OTm. The summed E-state index contributed by atoms with van der Waals surface area (Å²) in [6.07, 6.45) is 32.6. The van der Waals surface area contributed by atoms with E-state index in [2.05, 4.69) is 0 Å². The first-order chi connectivity index (χ1) is 10.0. The Morgan fingerprint density at radius 2 is 0.571 bits per heavy atom. The standard InChI is InChI=1S/3C5H5.C4H8O.Tm/c4*1-2-4-5-3-1;/h3*1-5H;1-4H2;. The summed E-state index contributed by atoms with van der Waals surface area (Å²) in [7, 11) is 0. The molecule has 1 aliphatic heterocycles. The molecule has 21 heavy (non-hydrogen) atoms. The summed E-state index contributed by atoms with van der Waals surface area (Å²) in [6.45, 7) is 2.00. The molecule has 16 radical (unpaired) electrons. The summed E-state index contributed by atoms with van der Waals surface area (Å²) in [5, 5.41) is 0. The first-order valence-corrected chi connectivity index (χ1v) is 7.08. The van der Waals surface area contributed by atoms with Crippen molar-refractivity contribution in [1.82, 2.24) is 0 Å². The molecule has 3 aliphatic carbocycles. The Kier molecular flexibility index (Phi) is 20.3. The molecule has 3 saturated carbocycles. The minimum Gasteiger partial charge on any atom is -0.381 e. The molecule has 4 fully saturated rings. The van der Waals surface area contributed by atoms with Crippen LogP contribution in [0.1, 0.15) is 12.8 Å². The van der Waals surface area contributed by atoms with E-state index in [1.807, 2.05) is 96.3 Å². The number of hydrogen-bond donors (Lipinski definition) is 0. The molecule has 0 amide bonds. The molecule has 0 atom stereocenters. The van der Waals surface area contributed by atoms with E-state index in [9.17, 15) is 0 Å². The van der Waals surface area contributed by atoms with Gasteiger partial charge in [0.25, 0.3) is 0 Å². The van der Waals surface area contributed by atoms with Crippen molar-refractivity contribution in [2.75, 3.05) is 13.2 Å². The van der Waals surface area contributed by atoms with Crippen molar-refractivity contribution in [3.05, 3.63) is 96.3 Å². The molecule has 0 spiro atoms. The fourth-order valence-corrected chi connectivity index (χ4v) is 1.47. The summed E-state index contributed by atoms with van der Waals surface area (Å²) in [5.41, 5.74) is 0. The van der Waals surface area contributed by atoms with Crippen LogP contribution in [0.2, 0.25) is 0 Å². The molecule has 118 valence electrons. The van der Waals surface area contributed by atoms with Crippen LogP contribution in [0, 0.1) is 133 Å². The second-order valence-corrected chi connectivity index (χ2v) is 4.21. The minimum absolute atomic E-state index is 0. The first kappa shape index (κ1) is 22.2. The second kappa shape index (κ2) is 19.2. The van der Waals surface area contributed by atoms with Gasteiger partial charge in [0.2, 0.25) is 0 Å². The van der Waals surface area contributed by atoms with E-state index in [0.29, 0.717) is 0 Å². The fraction of sp³-hybridized carbons (Fsp3) is 0.211. The molecule has 0 N–H and O–H groups in total. The quantitative estimate of drug-likeness (QED) is 0.561. The molecule has 0 aromatic rings. The van der Waals surface area contributed by atoms with Crippen LogP contribution in [0.3, 0.4) is 0 Å². The third-order valence-corrected chi connectivity index (χ3v) is 2.49. The zero-order valence-electron chi connectivity index (χ0n) is 12.2. The van der Waals surface area contributed by atoms with Gasteiger partial charge in [0.1, 0.15) is 0 Å². The Balaban J connectivity index is 0.000000250. The van der Waals surface area contributed by atoms with Gasteiger partial charge in [0.05, 0.1) is 0 Å². The second-order valence-electron chi connectivity index (χ2n) is 4.21. The van der Waals surface area contributed by atoms with Crippen LogP contribution in [-0.2, 0) is 4.74 Å². The van der Waals surface area contributed by atoms with Gasteiger partial charge in [-0.15, -0.1) is 0 Å². The Hall–Kier alpha value is 1.19. The van der Waals surface area contributed by atoms with Crippen LogP contribution in [0.25, 0.3) is 0 Å². The van der Waals surface area contributed by atoms with E-state index in [1.54, 1.807) is 0 Å². The summed E-state index contributed by atoms with van der Waals surface area (Å²) in [4.78, 5) is 0. The van der Waals surface area contributed by atoms with Crippen LogP contribution in [0.4, 0.5) is 0 Å². The largest absolute Gasteiger partial charge is 0.381 e. The van der Waals surface area contributed by atoms with Crippen molar-refractivity contribution in [3.63, 3.8) is 0 Å². The normalized spacial score (nSPS) is 22.9. The van der Waals surface area contributed by atoms with Crippen LogP contribution in [-0.4, -0.2) is 13.2 Å². The Bertz CT molecular complexity index is 98.0. The summed E-state index contributed by atoms with van der Waals surface area (Å²) >= 11 is 0. The fourth-order valence-electron chi connectivity index (χ4n) is 1.47. The Morgan fingerprint density at radius 3 is 0.667 bits per heavy atom. The van der Waals surface area contributed by atoms with Gasteiger partial charge in [-0.2, -0.15) is 0 Å². The molecule has 1 saturated heterocycles. The van der Waals surface area contributed by atoms with Crippen molar-refractivity contribution in [2.45, 2.75) is 12.8 Å². The van der Waals surface area contributed by atoms with Gasteiger partial charge >= 0.3 is 0 Å². The van der Waals surface area contributed by atoms with E-state index in [-0.39, 0.29) is 36.9 Å². The average Bonchev–Trinajstić information content (AvgIpc) is 3.40. The number of ether oxygens (including phenoxy) is 1. The van der Waals surface area contributed by atoms with Crippen molar-refractivity contribution in [2.24, 2.45) is 0 Å². The predicted molar refractivity (Wildman–Crippen MR) is 84.6 cm³/mol. The predicted octanol–water partition coefficient (Wildman–Crippen LogP) is 3.86. The molecule has 4 aliphatic rings. The van der Waals surface area contributed by atoms with E-state index in [0.717, 1.165) is 13.2 Å². The van der Waals surface area contributed by atoms with Crippen molar-refractivity contribution in [3.8, 4) is 0 Å². The van der Waals surface area contributed by atoms with Gasteiger partial charge in [-0.1, -0.05) is 0 Å². The van der Waals surface area contributed by atoms with Gasteiger partial charge in [0.15, 0.2) is 0 Å². The van der Waals surface area contributed by atoms with Crippen molar-refractivity contribution < 1.29 is 41.6 Å². The van der Waals surface area contributed by atoms with Gasteiger partial charge in [-0.3, -0.25) is 0 Å². The Morgan fingerprint density at radius 1 is 0.381 bits per heavy atom. The minimum atomic E-state index is 0. The summed E-state index contributed by atoms with van der Waals surface area (Å²) in [5.74, 6) is 0. The molecular weight excluding hydrogens is 413 g/mol. The molecule has 1 nitrogen and oxygen atoms in total. The van der Waals surface area contributed by atoms with Crippen LogP contribution >= 0.6 is 0 Å². The SMILES string of the molecule is C1CCOC1.[CH]1[CH][CH][CH][CH]1.[CH]1[CH][CH][CH][CH]1.[CH]1[CH][CH][CH][CH]1.[Tm]. The maximum absolute atomic E-state index is 4.94. The number of rotatable bonds is 0. The molecule has 1 heterocycles. The van der Waals surface area contributed by atoms with E-state index >= 15 is 0 Å². The first-order valence-electron chi connectivity index (χ1n) is 7.08. The third kappa shape index (κ3) is 17.4. The molecule has 0 aromatic carbocycles. The van der Waals surface area contributed by atoms with E-state index in [4.69, 9.17) is 4.74 Å². The van der Waals surface area contributed by atoms with E-state index in [1.165, 1.54) is 12.8 Å². The van der Waals surface area contributed by atoms with Crippen LogP contribution in [0.5, 0.6) is 0 Å². The number of hydrogen-bond acceptors (Lipinski definition) is 1. The monoisotopic (exact) mass is 436 g/mol. The molecule has 4 rings (SSSR count). The van der Waals surface area contributed by atoms with Crippen LogP contribution < -0.4 is 0 Å². The summed E-state index contributed by atoms with van der Waals surface area (Å²) < 4.78 is 4.94. The van der Waals surface area contributed by atoms with Crippen LogP contribution in [0.15, 0.2) is 0 Å².